The van der Waals surface area contributed by atoms with Crippen LogP contribution in [0.4, 0.5) is 5.69 Å². The minimum Gasteiger partial charge on any atom is -0.480 e. The molecular weight excluding hydrogens is 687 g/mol. The molecule has 1 heterocycles. The first-order valence-electron chi connectivity index (χ1n) is 16.5. The Morgan fingerprint density at radius 2 is 1.35 bits per heavy atom. The summed E-state index contributed by atoms with van der Waals surface area (Å²) in [5.74, 6) is -5.00. The van der Waals surface area contributed by atoms with Gasteiger partial charge in [-0.25, -0.2) is 0 Å². The topological polar surface area (TPSA) is 203 Å². The van der Waals surface area contributed by atoms with Gasteiger partial charge in [0.1, 0.15) is 24.2 Å². The lowest BCUT2D eigenvalue weighted by Crippen LogP contribution is -2.56. The van der Waals surface area contributed by atoms with Gasteiger partial charge in [0.2, 0.25) is 23.6 Å². The predicted molar refractivity (Wildman–Crippen MR) is 196 cm³/mol. The number of hydrogen-bond donors (Lipinski definition) is 7. The van der Waals surface area contributed by atoms with Crippen molar-refractivity contribution in [2.75, 3.05) is 11.9 Å². The van der Waals surface area contributed by atoms with Gasteiger partial charge < -0.3 is 36.8 Å². The third kappa shape index (κ3) is 12.2. The molecular formula is C38H41N5O8S. The van der Waals surface area contributed by atoms with Crippen molar-refractivity contribution in [2.24, 2.45) is 0 Å². The molecule has 3 aromatic carbocycles. The number of aliphatic carboxylic acids is 1. The molecule has 0 aliphatic carbocycles. The molecule has 52 heavy (non-hydrogen) atoms. The van der Waals surface area contributed by atoms with Crippen molar-refractivity contribution in [3.05, 3.63) is 112 Å². The average Bonchev–Trinajstić information content (AvgIpc) is 3.64. The molecule has 0 spiro atoms. The van der Waals surface area contributed by atoms with E-state index in [1.54, 1.807) is 41.8 Å². The van der Waals surface area contributed by atoms with Crippen LogP contribution in [0.25, 0.3) is 11.1 Å². The van der Waals surface area contributed by atoms with Gasteiger partial charge in [-0.3, -0.25) is 28.8 Å². The average molecular weight is 728 g/mol. The molecule has 0 fully saturated rings. The van der Waals surface area contributed by atoms with Crippen LogP contribution in [0, 0.1) is 6.92 Å². The van der Waals surface area contributed by atoms with Crippen molar-refractivity contribution in [3.63, 3.8) is 0 Å². The van der Waals surface area contributed by atoms with Crippen LogP contribution >= 0.6 is 11.3 Å². The van der Waals surface area contributed by atoms with Crippen LogP contribution in [0.1, 0.15) is 29.3 Å². The van der Waals surface area contributed by atoms with Crippen LogP contribution in [-0.4, -0.2) is 76.5 Å². The number of aliphatic hydroxyl groups excluding tert-OH is 1. The molecule has 0 bridgehead atoms. The summed E-state index contributed by atoms with van der Waals surface area (Å²) < 4.78 is 0. The molecule has 4 unspecified atom stereocenters. The number of aryl methyl sites for hydroxylation is 1. The van der Waals surface area contributed by atoms with Gasteiger partial charge in [0.25, 0.3) is 5.91 Å². The summed E-state index contributed by atoms with van der Waals surface area (Å²) in [6.45, 7) is 2.62. The SMILES string of the molecule is Cc1ccc(NC(=O)C(O)CC(=O)NC(Cc2cccs2)C(=O)NC(Cc2ccc(-c3ccccc3)cc2)C(=O)NCC(=O)NC(C)C(=O)O)cc1. The molecule has 272 valence electrons. The molecule has 0 saturated heterocycles. The summed E-state index contributed by atoms with van der Waals surface area (Å²) in [5.41, 5.74) is 4.03. The molecule has 0 aliphatic rings. The van der Waals surface area contributed by atoms with E-state index in [9.17, 15) is 33.9 Å². The lowest BCUT2D eigenvalue weighted by molar-refractivity contribution is -0.141. The predicted octanol–water partition coefficient (Wildman–Crippen LogP) is 2.57. The number of hydrogen-bond acceptors (Lipinski definition) is 8. The van der Waals surface area contributed by atoms with Crippen LogP contribution < -0.4 is 26.6 Å². The summed E-state index contributed by atoms with van der Waals surface area (Å²) in [4.78, 5) is 77.1. The van der Waals surface area contributed by atoms with Gasteiger partial charge >= 0.3 is 5.97 Å². The molecule has 4 aromatic rings. The Labute approximate surface area is 304 Å². The van der Waals surface area contributed by atoms with Crippen LogP contribution in [0.5, 0.6) is 0 Å². The maximum atomic E-state index is 13.8. The van der Waals surface area contributed by atoms with Crippen LogP contribution in [0.3, 0.4) is 0 Å². The molecule has 4 atom stereocenters. The van der Waals surface area contributed by atoms with E-state index in [-0.39, 0.29) is 12.8 Å². The Balaban J connectivity index is 1.48. The van der Waals surface area contributed by atoms with E-state index in [4.69, 9.17) is 5.11 Å². The highest BCUT2D eigenvalue weighted by atomic mass is 32.1. The summed E-state index contributed by atoms with van der Waals surface area (Å²) in [5, 5.41) is 33.9. The quantitative estimate of drug-likeness (QED) is 0.0860. The van der Waals surface area contributed by atoms with Gasteiger partial charge in [-0.2, -0.15) is 0 Å². The number of nitrogens with one attached hydrogen (secondary N) is 5. The van der Waals surface area contributed by atoms with Gasteiger partial charge in [-0.05, 0) is 54.1 Å². The van der Waals surface area contributed by atoms with Crippen molar-refractivity contribution < 1.29 is 39.0 Å². The minimum absolute atomic E-state index is 0.0113. The van der Waals surface area contributed by atoms with Crippen molar-refractivity contribution >= 4 is 52.5 Å². The molecule has 1 aromatic heterocycles. The lowest BCUT2D eigenvalue weighted by atomic mass is 10.00. The zero-order valence-electron chi connectivity index (χ0n) is 28.6. The number of thiophene rings is 1. The number of amides is 5. The first-order chi connectivity index (χ1) is 24.9. The van der Waals surface area contributed by atoms with Crippen molar-refractivity contribution in [1.82, 2.24) is 21.3 Å². The van der Waals surface area contributed by atoms with E-state index in [0.717, 1.165) is 21.6 Å². The summed E-state index contributed by atoms with van der Waals surface area (Å²) >= 11 is 1.35. The number of aliphatic hydroxyl groups is 1. The summed E-state index contributed by atoms with van der Waals surface area (Å²) in [6.07, 6.45) is -2.28. The smallest absolute Gasteiger partial charge is 0.325 e. The van der Waals surface area contributed by atoms with Gasteiger partial charge in [0, 0.05) is 23.4 Å². The number of carbonyl (C=O) groups is 6. The second-order valence-electron chi connectivity index (χ2n) is 12.2. The van der Waals surface area contributed by atoms with E-state index in [2.05, 4.69) is 26.6 Å². The van der Waals surface area contributed by atoms with Crippen LogP contribution in [-0.2, 0) is 41.6 Å². The highest BCUT2D eigenvalue weighted by Crippen LogP contribution is 2.20. The first-order valence-corrected chi connectivity index (χ1v) is 17.4. The standard InChI is InChI=1S/C38H41N5O8S/c1-23-10-16-28(17-11-23)41-37(49)32(44)21-33(45)42-31(20-29-9-6-18-52-29)36(48)43-30(35(47)39-22-34(46)40-24(2)38(50)51)19-25-12-14-27(15-13-25)26-7-4-3-5-8-26/h3-18,24,30-32,44H,19-22H2,1-2H3,(H,39,47)(H,40,46)(H,41,49)(H,42,45)(H,43,48)(H,50,51). The largest absolute Gasteiger partial charge is 0.480 e. The monoisotopic (exact) mass is 727 g/mol. The Morgan fingerprint density at radius 1 is 0.692 bits per heavy atom. The molecule has 7 N–H and O–H groups in total. The fourth-order valence-corrected chi connectivity index (χ4v) is 5.80. The van der Waals surface area contributed by atoms with Crippen molar-refractivity contribution in [1.29, 1.82) is 0 Å². The number of carbonyl (C=O) groups excluding carboxylic acids is 5. The van der Waals surface area contributed by atoms with E-state index in [0.29, 0.717) is 11.3 Å². The van der Waals surface area contributed by atoms with Gasteiger partial charge in [-0.1, -0.05) is 78.4 Å². The molecule has 5 amide bonds. The molecule has 13 nitrogen and oxygen atoms in total. The second kappa shape index (κ2) is 18.9. The van der Waals surface area contributed by atoms with Crippen LogP contribution in [0.2, 0.25) is 0 Å². The second-order valence-corrected chi connectivity index (χ2v) is 13.2. The fourth-order valence-electron chi connectivity index (χ4n) is 5.05. The highest BCUT2D eigenvalue weighted by molar-refractivity contribution is 7.09. The molecule has 0 aliphatic heterocycles. The zero-order chi connectivity index (χ0) is 37.6. The maximum absolute atomic E-state index is 13.8. The molecule has 4 rings (SSSR count). The Kier molecular flexibility index (Phi) is 14.2. The molecule has 0 radical (unpaired) electrons. The third-order valence-corrected chi connectivity index (χ3v) is 8.84. The highest BCUT2D eigenvalue weighted by Gasteiger charge is 2.29. The minimum atomic E-state index is -1.71. The number of rotatable bonds is 17. The Hall–Kier alpha value is -5.86. The van der Waals surface area contributed by atoms with E-state index in [1.165, 1.54) is 18.3 Å². The van der Waals surface area contributed by atoms with Crippen molar-refractivity contribution in [3.8, 4) is 11.1 Å². The summed E-state index contributed by atoms with van der Waals surface area (Å²) in [6, 6.07) is 23.9. The number of carboxylic acid groups (broad SMARTS) is 1. The van der Waals surface area contributed by atoms with E-state index >= 15 is 0 Å². The van der Waals surface area contributed by atoms with Crippen LogP contribution in [0.15, 0.2) is 96.4 Å². The number of carboxylic acids is 1. The lowest BCUT2D eigenvalue weighted by Gasteiger charge is -2.24. The zero-order valence-corrected chi connectivity index (χ0v) is 29.4. The Bertz CT molecular complexity index is 1830. The number of anilines is 1. The Morgan fingerprint density at radius 3 is 1.98 bits per heavy atom. The molecule has 14 heteroatoms. The summed E-state index contributed by atoms with van der Waals surface area (Å²) in [7, 11) is 0. The van der Waals surface area contributed by atoms with Gasteiger partial charge in [0.15, 0.2) is 0 Å². The van der Waals surface area contributed by atoms with Gasteiger partial charge in [-0.15, -0.1) is 11.3 Å². The molecule has 0 saturated carbocycles. The fraction of sp³-hybridized carbons (Fsp3) is 0.263. The maximum Gasteiger partial charge on any atom is 0.325 e. The van der Waals surface area contributed by atoms with E-state index in [1.807, 2.05) is 61.5 Å². The van der Waals surface area contributed by atoms with Crippen molar-refractivity contribution in [2.45, 2.75) is 57.3 Å². The first kappa shape index (κ1) is 38.9. The third-order valence-electron chi connectivity index (χ3n) is 7.94. The number of benzene rings is 3. The van der Waals surface area contributed by atoms with Gasteiger partial charge in [0.05, 0.1) is 13.0 Å². The normalized spacial score (nSPS) is 13.1. The van der Waals surface area contributed by atoms with E-state index < -0.39 is 72.7 Å².